The number of carbonyl (C=O) groups is 1. The minimum Gasteiger partial charge on any atom is -0.342 e. The van der Waals surface area contributed by atoms with Gasteiger partial charge in [-0.3, -0.25) is 4.79 Å². The number of aromatic nitrogens is 2. The lowest BCUT2D eigenvalue weighted by Gasteiger charge is -2.19. The summed E-state index contributed by atoms with van der Waals surface area (Å²) in [6.45, 7) is 0. The van der Waals surface area contributed by atoms with Crippen molar-refractivity contribution in [3.8, 4) is 0 Å². The number of nitrogens with zero attached hydrogens (tertiary/aromatic N) is 2. The third-order valence-electron chi connectivity index (χ3n) is 4.26. The highest BCUT2D eigenvalue weighted by Gasteiger charge is 2.28. The van der Waals surface area contributed by atoms with E-state index in [0.29, 0.717) is 16.4 Å². The highest BCUT2D eigenvalue weighted by molar-refractivity contribution is 6.30. The Bertz CT molecular complexity index is 1040. The maximum absolute atomic E-state index is 13.9. The van der Waals surface area contributed by atoms with Gasteiger partial charge in [0, 0.05) is 30.0 Å². The molecule has 1 unspecified atom stereocenters. The molecular formula is C19H13ClF5N3O. The van der Waals surface area contributed by atoms with Crippen LogP contribution >= 0.6 is 11.6 Å². The summed E-state index contributed by atoms with van der Waals surface area (Å²) in [4.78, 5) is 16.6. The van der Waals surface area contributed by atoms with E-state index in [0.717, 1.165) is 0 Å². The highest BCUT2D eigenvalue weighted by Crippen LogP contribution is 2.25. The van der Waals surface area contributed by atoms with Crippen LogP contribution in [0.25, 0.3) is 0 Å². The molecule has 0 saturated heterocycles. The second kappa shape index (κ2) is 8.20. The summed E-state index contributed by atoms with van der Waals surface area (Å²) in [6, 6.07) is 5.52. The number of halogens is 6. The summed E-state index contributed by atoms with van der Waals surface area (Å²) in [6.07, 6.45) is 2.04. The van der Waals surface area contributed by atoms with E-state index in [2.05, 4.69) is 10.3 Å². The first-order valence-electron chi connectivity index (χ1n) is 8.23. The van der Waals surface area contributed by atoms with Crippen LogP contribution in [0.2, 0.25) is 5.02 Å². The zero-order chi connectivity index (χ0) is 21.3. The van der Waals surface area contributed by atoms with Crippen molar-refractivity contribution in [2.45, 2.75) is 12.5 Å². The molecule has 0 fully saturated rings. The Morgan fingerprint density at radius 3 is 2.10 bits per heavy atom. The van der Waals surface area contributed by atoms with Crippen molar-refractivity contribution >= 4 is 17.5 Å². The Morgan fingerprint density at radius 2 is 1.59 bits per heavy atom. The highest BCUT2D eigenvalue weighted by atomic mass is 35.5. The van der Waals surface area contributed by atoms with Crippen molar-refractivity contribution < 1.29 is 26.7 Å². The Hall–Kier alpha value is -2.94. The van der Waals surface area contributed by atoms with Gasteiger partial charge in [-0.15, -0.1) is 0 Å². The third-order valence-corrected chi connectivity index (χ3v) is 4.52. The fraction of sp³-hybridized carbons (Fsp3) is 0.158. The Morgan fingerprint density at radius 1 is 1.03 bits per heavy atom. The monoisotopic (exact) mass is 429 g/mol. The molecule has 1 heterocycles. The molecule has 10 heteroatoms. The lowest BCUT2D eigenvalue weighted by atomic mass is 10.0. The van der Waals surface area contributed by atoms with E-state index in [4.69, 9.17) is 11.6 Å². The molecule has 1 N–H and O–H groups in total. The van der Waals surface area contributed by atoms with Gasteiger partial charge in [0.2, 0.25) is 11.7 Å². The second-order valence-electron chi connectivity index (χ2n) is 6.17. The number of carbonyl (C=O) groups excluding carboxylic acids is 1. The standard InChI is InChI=1S/C19H13ClF5N3O/c1-28-7-6-26-19(28)18(9-2-4-10(20)5-3-9)27-12(29)8-11-13(21)15(23)17(25)16(24)14(11)22/h2-7,18H,8H2,1H3,(H,27,29). The summed E-state index contributed by atoms with van der Waals surface area (Å²) in [5.74, 6) is -11.2. The average molecular weight is 430 g/mol. The minimum atomic E-state index is -2.28. The molecular weight excluding hydrogens is 417 g/mol. The maximum atomic E-state index is 13.9. The Balaban J connectivity index is 1.93. The predicted octanol–water partition coefficient (Wildman–Crippen LogP) is 4.22. The van der Waals surface area contributed by atoms with Crippen LogP contribution in [0, 0.1) is 29.1 Å². The van der Waals surface area contributed by atoms with Crippen LogP contribution < -0.4 is 5.32 Å². The number of aryl methyl sites for hydroxylation is 1. The summed E-state index contributed by atoms with van der Waals surface area (Å²) >= 11 is 5.87. The third kappa shape index (κ3) is 4.09. The maximum Gasteiger partial charge on any atom is 0.225 e. The number of hydrogen-bond donors (Lipinski definition) is 1. The lowest BCUT2D eigenvalue weighted by Crippen LogP contribution is -2.33. The van der Waals surface area contributed by atoms with Gasteiger partial charge in [0.1, 0.15) is 11.9 Å². The van der Waals surface area contributed by atoms with Crippen LogP contribution in [-0.2, 0) is 18.3 Å². The predicted molar refractivity (Wildman–Crippen MR) is 94.6 cm³/mol. The summed E-state index contributed by atoms with van der Waals surface area (Å²) in [5, 5.41) is 2.96. The molecule has 0 aliphatic heterocycles. The van der Waals surface area contributed by atoms with E-state index >= 15 is 0 Å². The lowest BCUT2D eigenvalue weighted by molar-refractivity contribution is -0.121. The molecule has 29 heavy (non-hydrogen) atoms. The molecule has 0 radical (unpaired) electrons. The zero-order valence-corrected chi connectivity index (χ0v) is 15.6. The van der Waals surface area contributed by atoms with Gasteiger partial charge in [0.25, 0.3) is 0 Å². The van der Waals surface area contributed by atoms with Gasteiger partial charge in [0.15, 0.2) is 23.3 Å². The van der Waals surface area contributed by atoms with Crippen molar-refractivity contribution in [1.29, 1.82) is 0 Å². The van der Waals surface area contributed by atoms with Gasteiger partial charge in [-0.2, -0.15) is 0 Å². The summed E-state index contributed by atoms with van der Waals surface area (Å²) in [5.41, 5.74) is -0.664. The van der Waals surface area contributed by atoms with E-state index < -0.39 is 53.0 Å². The normalized spacial score (nSPS) is 12.1. The van der Waals surface area contributed by atoms with Crippen LogP contribution in [0.15, 0.2) is 36.7 Å². The number of benzene rings is 2. The molecule has 152 valence electrons. The summed E-state index contributed by atoms with van der Waals surface area (Å²) < 4.78 is 69.3. The van der Waals surface area contributed by atoms with Gasteiger partial charge in [-0.05, 0) is 17.7 Å². The Labute approximate surface area is 166 Å². The van der Waals surface area contributed by atoms with Crippen molar-refractivity contribution in [2.75, 3.05) is 0 Å². The molecule has 3 rings (SSSR count). The molecule has 1 amide bonds. The molecule has 0 bridgehead atoms. The molecule has 0 saturated carbocycles. The van der Waals surface area contributed by atoms with Crippen LogP contribution in [0.5, 0.6) is 0 Å². The SMILES string of the molecule is Cn1ccnc1C(NC(=O)Cc1c(F)c(F)c(F)c(F)c1F)c1ccc(Cl)cc1. The van der Waals surface area contributed by atoms with Crippen molar-refractivity contribution in [3.63, 3.8) is 0 Å². The molecule has 4 nitrogen and oxygen atoms in total. The van der Waals surface area contributed by atoms with Crippen LogP contribution in [0.1, 0.15) is 23.0 Å². The number of amides is 1. The topological polar surface area (TPSA) is 46.9 Å². The fourth-order valence-electron chi connectivity index (χ4n) is 2.79. The van der Waals surface area contributed by atoms with Crippen LogP contribution in [-0.4, -0.2) is 15.5 Å². The van der Waals surface area contributed by atoms with Crippen molar-refractivity contribution in [3.05, 3.63) is 87.7 Å². The average Bonchev–Trinajstić information content (AvgIpc) is 3.13. The van der Waals surface area contributed by atoms with E-state index in [1.165, 1.54) is 6.20 Å². The van der Waals surface area contributed by atoms with Crippen LogP contribution in [0.4, 0.5) is 22.0 Å². The van der Waals surface area contributed by atoms with E-state index in [1.54, 1.807) is 42.1 Å². The number of rotatable bonds is 5. The summed E-state index contributed by atoms with van der Waals surface area (Å²) in [7, 11) is 1.67. The molecule has 1 atom stereocenters. The van der Waals surface area contributed by atoms with Crippen molar-refractivity contribution in [2.24, 2.45) is 7.05 Å². The zero-order valence-electron chi connectivity index (χ0n) is 14.8. The van der Waals surface area contributed by atoms with Crippen LogP contribution in [0.3, 0.4) is 0 Å². The van der Waals surface area contributed by atoms with E-state index in [-0.39, 0.29) is 0 Å². The molecule has 0 aliphatic rings. The quantitative estimate of drug-likeness (QED) is 0.375. The van der Waals surface area contributed by atoms with Gasteiger partial charge < -0.3 is 9.88 Å². The molecule has 0 aliphatic carbocycles. The van der Waals surface area contributed by atoms with Gasteiger partial charge in [-0.1, -0.05) is 23.7 Å². The minimum absolute atomic E-state index is 0.387. The van der Waals surface area contributed by atoms with E-state index in [1.807, 2.05) is 0 Å². The van der Waals surface area contributed by atoms with Gasteiger partial charge in [0.05, 0.1) is 6.42 Å². The first-order valence-corrected chi connectivity index (χ1v) is 8.60. The number of hydrogen-bond acceptors (Lipinski definition) is 2. The number of nitrogens with one attached hydrogen (secondary N) is 1. The van der Waals surface area contributed by atoms with Crippen molar-refractivity contribution in [1.82, 2.24) is 14.9 Å². The first kappa shape index (κ1) is 20.8. The smallest absolute Gasteiger partial charge is 0.225 e. The Kier molecular flexibility index (Phi) is 5.88. The molecule has 3 aromatic rings. The fourth-order valence-corrected chi connectivity index (χ4v) is 2.91. The number of imidazole rings is 1. The van der Waals surface area contributed by atoms with Gasteiger partial charge >= 0.3 is 0 Å². The van der Waals surface area contributed by atoms with Gasteiger partial charge in [-0.25, -0.2) is 26.9 Å². The molecule has 0 spiro atoms. The molecule has 2 aromatic carbocycles. The first-order chi connectivity index (χ1) is 13.7. The largest absolute Gasteiger partial charge is 0.342 e. The molecule has 1 aromatic heterocycles. The second-order valence-corrected chi connectivity index (χ2v) is 6.61. The van der Waals surface area contributed by atoms with E-state index in [9.17, 15) is 26.7 Å².